The van der Waals surface area contributed by atoms with Gasteiger partial charge in [-0.3, -0.25) is 0 Å². The molecular formula is C23H27N3O4S2. The number of aromatic hydroxyl groups is 1. The van der Waals surface area contributed by atoms with Crippen LogP contribution < -0.4 is 15.5 Å². The van der Waals surface area contributed by atoms with Crippen molar-refractivity contribution in [1.29, 1.82) is 0 Å². The number of fused-ring (bicyclic) bond motifs is 1. The third-order valence-corrected chi connectivity index (χ3v) is 6.99. The SMILES string of the molecule is Cc1c(C)c2c(c(C)c1O)CCC(C)(CC(=S)Nc1ccc(CC3=NS(=O)ON3)cc1)O2. The lowest BCUT2D eigenvalue weighted by atomic mass is 9.85. The fourth-order valence-corrected chi connectivity index (χ4v) is 5.05. The molecule has 0 fully saturated rings. The Bertz CT molecular complexity index is 1130. The van der Waals surface area contributed by atoms with Crippen molar-refractivity contribution in [2.45, 2.75) is 59.0 Å². The highest BCUT2D eigenvalue weighted by molar-refractivity contribution is 7.80. The van der Waals surface area contributed by atoms with Gasteiger partial charge in [0, 0.05) is 24.1 Å². The Balaban J connectivity index is 1.40. The fourth-order valence-electron chi connectivity index (χ4n) is 4.14. The maximum Gasteiger partial charge on any atom is 0.309 e. The Kier molecular flexibility index (Phi) is 6.24. The highest BCUT2D eigenvalue weighted by atomic mass is 32.2. The van der Waals surface area contributed by atoms with Crippen LogP contribution in [0.15, 0.2) is 28.7 Å². The molecule has 4 rings (SSSR count). The molecule has 0 saturated heterocycles. The number of hydroxylamine groups is 1. The molecule has 0 bridgehead atoms. The lowest BCUT2D eigenvalue weighted by Gasteiger charge is -2.38. The number of nitrogens with zero attached hydrogens (tertiary/aromatic N) is 1. The molecule has 0 amide bonds. The second kappa shape index (κ2) is 8.80. The van der Waals surface area contributed by atoms with E-state index in [9.17, 15) is 9.32 Å². The van der Waals surface area contributed by atoms with Gasteiger partial charge in [0.05, 0.1) is 4.99 Å². The Morgan fingerprint density at radius 3 is 2.62 bits per heavy atom. The van der Waals surface area contributed by atoms with Gasteiger partial charge < -0.3 is 15.2 Å². The number of anilines is 1. The van der Waals surface area contributed by atoms with Crippen molar-refractivity contribution < 1.29 is 18.3 Å². The van der Waals surface area contributed by atoms with Crippen LogP contribution >= 0.6 is 12.2 Å². The summed E-state index contributed by atoms with van der Waals surface area (Å²) in [6.45, 7) is 7.95. The van der Waals surface area contributed by atoms with Crippen molar-refractivity contribution in [1.82, 2.24) is 5.48 Å². The van der Waals surface area contributed by atoms with E-state index in [0.717, 1.165) is 52.1 Å². The molecule has 0 radical (unpaired) electrons. The van der Waals surface area contributed by atoms with E-state index in [1.165, 1.54) is 0 Å². The minimum atomic E-state index is -1.64. The topological polar surface area (TPSA) is 92.2 Å². The largest absolute Gasteiger partial charge is 0.507 e. The number of nitrogens with one attached hydrogen (secondary N) is 2. The average Bonchev–Trinajstić information content (AvgIpc) is 3.16. The van der Waals surface area contributed by atoms with Crippen LogP contribution in [-0.4, -0.2) is 25.7 Å². The molecule has 2 heterocycles. The Labute approximate surface area is 196 Å². The Morgan fingerprint density at radius 1 is 1.25 bits per heavy atom. The molecule has 7 nitrogen and oxygen atoms in total. The van der Waals surface area contributed by atoms with Gasteiger partial charge in [-0.05, 0) is 74.9 Å². The van der Waals surface area contributed by atoms with Gasteiger partial charge in [0.15, 0.2) is 0 Å². The molecule has 0 aromatic heterocycles. The summed E-state index contributed by atoms with van der Waals surface area (Å²) in [4.78, 5) is 0.708. The zero-order valence-electron chi connectivity index (χ0n) is 18.6. The van der Waals surface area contributed by atoms with Gasteiger partial charge in [-0.25, -0.2) is 9.69 Å². The summed E-state index contributed by atoms with van der Waals surface area (Å²) in [5.74, 6) is 1.79. The molecule has 32 heavy (non-hydrogen) atoms. The summed E-state index contributed by atoms with van der Waals surface area (Å²) in [5, 5.41) is 13.7. The molecule has 2 aliphatic heterocycles. The van der Waals surface area contributed by atoms with Crippen molar-refractivity contribution in [2.24, 2.45) is 4.40 Å². The molecule has 2 atom stereocenters. The molecule has 2 aliphatic rings. The quantitative estimate of drug-likeness (QED) is 0.558. The number of phenols is 1. The van der Waals surface area contributed by atoms with Gasteiger partial charge >= 0.3 is 11.3 Å². The maximum atomic E-state index is 11.1. The molecule has 0 saturated carbocycles. The van der Waals surface area contributed by atoms with E-state index in [-0.39, 0.29) is 0 Å². The summed E-state index contributed by atoms with van der Waals surface area (Å²) in [6, 6.07) is 7.83. The van der Waals surface area contributed by atoms with Crippen molar-refractivity contribution in [2.75, 3.05) is 5.32 Å². The number of hydrogen-bond donors (Lipinski definition) is 3. The van der Waals surface area contributed by atoms with Crippen molar-refractivity contribution in [3.63, 3.8) is 0 Å². The van der Waals surface area contributed by atoms with Gasteiger partial charge in [0.2, 0.25) is 0 Å². The van der Waals surface area contributed by atoms with Crippen molar-refractivity contribution >= 4 is 40.0 Å². The zero-order valence-corrected chi connectivity index (χ0v) is 20.2. The zero-order chi connectivity index (χ0) is 23.0. The summed E-state index contributed by atoms with van der Waals surface area (Å²) in [5.41, 5.74) is 7.89. The predicted molar refractivity (Wildman–Crippen MR) is 130 cm³/mol. The normalized spacial score (nSPS) is 21.9. The van der Waals surface area contributed by atoms with E-state index < -0.39 is 16.9 Å². The van der Waals surface area contributed by atoms with Gasteiger partial charge in [-0.15, -0.1) is 4.40 Å². The lowest BCUT2D eigenvalue weighted by Crippen LogP contribution is -2.40. The van der Waals surface area contributed by atoms with E-state index in [4.69, 9.17) is 21.2 Å². The number of benzene rings is 2. The van der Waals surface area contributed by atoms with E-state index in [1.807, 2.05) is 45.0 Å². The third-order valence-electron chi connectivity index (χ3n) is 6.15. The molecule has 3 N–H and O–H groups in total. The third kappa shape index (κ3) is 4.65. The number of ether oxygens (including phenoxy) is 1. The van der Waals surface area contributed by atoms with Crippen LogP contribution in [0.1, 0.15) is 47.6 Å². The Hall–Kier alpha value is -2.49. The molecule has 0 spiro atoms. The minimum Gasteiger partial charge on any atom is -0.507 e. The number of amidine groups is 1. The minimum absolute atomic E-state index is 0.366. The standard InChI is InChI=1S/C23H27N3O4S2/c1-13-14(2)22-18(15(3)21(13)27)9-10-23(4,29-22)12-20(31)24-17-7-5-16(6-8-17)11-19-25-30-32(28)26-19/h5-8,27H,9-12H2,1-4H3,(H,24,31)(H,25,26). The highest BCUT2D eigenvalue weighted by Crippen LogP contribution is 2.44. The van der Waals surface area contributed by atoms with E-state index in [1.54, 1.807) is 0 Å². The Morgan fingerprint density at radius 2 is 1.97 bits per heavy atom. The van der Waals surface area contributed by atoms with Crippen LogP contribution in [0.4, 0.5) is 5.69 Å². The van der Waals surface area contributed by atoms with Crippen molar-refractivity contribution in [3.05, 3.63) is 52.1 Å². The van der Waals surface area contributed by atoms with Crippen LogP contribution in [0.5, 0.6) is 11.5 Å². The fraction of sp³-hybridized carbons (Fsp3) is 0.391. The average molecular weight is 474 g/mol. The molecule has 2 aromatic carbocycles. The number of phenolic OH excluding ortho intramolecular Hbond substituents is 1. The second-order valence-electron chi connectivity index (χ2n) is 8.62. The number of hydrogen-bond acceptors (Lipinski definition) is 6. The highest BCUT2D eigenvalue weighted by Gasteiger charge is 2.35. The summed E-state index contributed by atoms with van der Waals surface area (Å²) in [7, 11) is 0. The van der Waals surface area contributed by atoms with E-state index >= 15 is 0 Å². The smallest absolute Gasteiger partial charge is 0.309 e. The monoisotopic (exact) mass is 473 g/mol. The van der Waals surface area contributed by atoms with Crippen LogP contribution in [0.3, 0.4) is 0 Å². The van der Waals surface area contributed by atoms with Crippen LogP contribution in [0.25, 0.3) is 0 Å². The summed E-state index contributed by atoms with van der Waals surface area (Å²) < 4.78 is 26.2. The first-order chi connectivity index (χ1) is 15.1. The predicted octanol–water partition coefficient (Wildman–Crippen LogP) is 4.29. The first kappa shape index (κ1) is 22.7. The molecule has 170 valence electrons. The van der Waals surface area contributed by atoms with Crippen LogP contribution in [0.2, 0.25) is 0 Å². The molecule has 9 heteroatoms. The lowest BCUT2D eigenvalue weighted by molar-refractivity contribution is 0.0716. The summed E-state index contributed by atoms with van der Waals surface area (Å²) in [6.07, 6.45) is 2.76. The second-order valence-corrected chi connectivity index (χ2v) is 9.90. The molecule has 0 aliphatic carbocycles. The molecular weight excluding hydrogens is 446 g/mol. The van der Waals surface area contributed by atoms with Gasteiger partial charge in [0.25, 0.3) is 0 Å². The maximum absolute atomic E-state index is 11.1. The summed E-state index contributed by atoms with van der Waals surface area (Å²) >= 11 is 4.00. The van der Waals surface area contributed by atoms with Gasteiger partial charge in [-0.2, -0.15) is 4.28 Å². The van der Waals surface area contributed by atoms with E-state index in [0.29, 0.717) is 29.4 Å². The number of thiocarbonyl (C=S) groups is 1. The van der Waals surface area contributed by atoms with E-state index in [2.05, 4.69) is 22.1 Å². The molecule has 2 unspecified atom stereocenters. The van der Waals surface area contributed by atoms with Crippen molar-refractivity contribution in [3.8, 4) is 11.5 Å². The first-order valence-electron chi connectivity index (χ1n) is 10.5. The number of rotatable bonds is 5. The van der Waals surface area contributed by atoms with Gasteiger partial charge in [-0.1, -0.05) is 24.4 Å². The first-order valence-corrected chi connectivity index (χ1v) is 11.9. The van der Waals surface area contributed by atoms with Crippen LogP contribution in [-0.2, 0) is 28.4 Å². The molecule has 2 aromatic rings. The van der Waals surface area contributed by atoms with Gasteiger partial charge in [0.1, 0.15) is 22.9 Å². The van der Waals surface area contributed by atoms with Crippen LogP contribution in [0, 0.1) is 20.8 Å².